The Hall–Kier alpha value is -2.69. The number of hydrogen-bond donors (Lipinski definition) is 0. The van der Waals surface area contributed by atoms with Gasteiger partial charge in [0.1, 0.15) is 0 Å². The fourth-order valence-electron chi connectivity index (χ4n) is 8.87. The lowest BCUT2D eigenvalue weighted by atomic mass is 9.54. The SMILES string of the molecule is CC(=O)[C@@]1(OC(=O)CCc2ccc(N3CCCCC3)cc2)CC[C@H]2[C@@H]3CCC4=CC(=O)CCC4=C3CC[C@@]21C. The van der Waals surface area contributed by atoms with Gasteiger partial charge in [-0.3, -0.25) is 14.4 Å². The Labute approximate surface area is 233 Å². The third-order valence-electron chi connectivity index (χ3n) is 11.0. The van der Waals surface area contributed by atoms with Gasteiger partial charge in [0.05, 0.1) is 0 Å². The first-order valence-electron chi connectivity index (χ1n) is 15.3. The number of allylic oxidation sites excluding steroid dienone is 4. The minimum atomic E-state index is -1.03. The van der Waals surface area contributed by atoms with Crippen molar-refractivity contribution in [2.45, 2.75) is 103 Å². The highest BCUT2D eigenvalue weighted by molar-refractivity contribution is 5.93. The van der Waals surface area contributed by atoms with Gasteiger partial charge in [0.2, 0.25) is 0 Å². The summed E-state index contributed by atoms with van der Waals surface area (Å²) in [7, 11) is 0. The van der Waals surface area contributed by atoms with E-state index in [1.807, 2.05) is 6.08 Å². The molecule has 1 aromatic carbocycles. The van der Waals surface area contributed by atoms with E-state index in [0.717, 1.165) is 57.2 Å². The molecule has 4 aliphatic carbocycles. The van der Waals surface area contributed by atoms with Crippen molar-refractivity contribution in [1.29, 1.82) is 0 Å². The van der Waals surface area contributed by atoms with E-state index in [-0.39, 0.29) is 23.0 Å². The normalized spacial score (nSPS) is 32.2. The highest BCUT2D eigenvalue weighted by Gasteiger charge is 2.65. The lowest BCUT2D eigenvalue weighted by Gasteiger charge is -2.52. The van der Waals surface area contributed by atoms with E-state index in [4.69, 9.17) is 4.74 Å². The number of nitrogens with zero attached hydrogens (tertiary/aromatic N) is 1. The minimum absolute atomic E-state index is 0.00231. The number of aryl methyl sites for hydroxylation is 1. The van der Waals surface area contributed by atoms with Crippen molar-refractivity contribution in [2.24, 2.45) is 17.3 Å². The molecule has 5 aliphatic rings. The lowest BCUT2D eigenvalue weighted by Crippen LogP contribution is -2.56. The molecule has 1 aromatic rings. The first kappa shape index (κ1) is 26.5. The van der Waals surface area contributed by atoms with Crippen LogP contribution in [0.1, 0.15) is 96.5 Å². The Bertz CT molecular complexity index is 1220. The molecule has 0 aromatic heterocycles. The molecule has 6 rings (SSSR count). The highest BCUT2D eigenvalue weighted by Crippen LogP contribution is 2.64. The molecule has 0 spiro atoms. The summed E-state index contributed by atoms with van der Waals surface area (Å²) < 4.78 is 6.31. The second kappa shape index (κ2) is 10.4. The fraction of sp³-hybridized carbons (Fsp3) is 0.618. The minimum Gasteiger partial charge on any atom is -0.450 e. The Kier molecular flexibility index (Phi) is 7.05. The Morgan fingerprint density at radius 1 is 0.974 bits per heavy atom. The predicted octanol–water partition coefficient (Wildman–Crippen LogP) is 6.69. The molecule has 0 unspecified atom stereocenters. The second-order valence-electron chi connectivity index (χ2n) is 12.9. The number of esters is 1. The third kappa shape index (κ3) is 4.60. The van der Waals surface area contributed by atoms with Crippen molar-refractivity contribution in [1.82, 2.24) is 0 Å². The van der Waals surface area contributed by atoms with Gasteiger partial charge in [-0.1, -0.05) is 24.6 Å². The molecular formula is C34H43NO4. The Morgan fingerprint density at radius 3 is 2.49 bits per heavy atom. The monoisotopic (exact) mass is 529 g/mol. The van der Waals surface area contributed by atoms with E-state index in [2.05, 4.69) is 36.1 Å². The molecule has 0 bridgehead atoms. The van der Waals surface area contributed by atoms with Gasteiger partial charge < -0.3 is 9.64 Å². The smallest absolute Gasteiger partial charge is 0.307 e. The maximum Gasteiger partial charge on any atom is 0.307 e. The summed E-state index contributed by atoms with van der Waals surface area (Å²) in [4.78, 5) is 41.0. The molecule has 0 radical (unpaired) electrons. The predicted molar refractivity (Wildman–Crippen MR) is 152 cm³/mol. The lowest BCUT2D eigenvalue weighted by molar-refractivity contribution is -0.183. The summed E-state index contributed by atoms with van der Waals surface area (Å²) >= 11 is 0. The summed E-state index contributed by atoms with van der Waals surface area (Å²) in [6.45, 7) is 6.09. The number of carbonyl (C=O) groups excluding carboxylic acids is 3. The molecule has 39 heavy (non-hydrogen) atoms. The molecular weight excluding hydrogens is 486 g/mol. The maximum absolute atomic E-state index is 13.3. The van der Waals surface area contributed by atoms with Gasteiger partial charge in [-0.25, -0.2) is 0 Å². The zero-order valence-corrected chi connectivity index (χ0v) is 23.7. The zero-order chi connectivity index (χ0) is 27.2. The van der Waals surface area contributed by atoms with Crippen LogP contribution < -0.4 is 4.90 Å². The van der Waals surface area contributed by atoms with Crippen LogP contribution in [0.15, 0.2) is 47.1 Å². The molecule has 1 heterocycles. The van der Waals surface area contributed by atoms with E-state index in [0.29, 0.717) is 37.5 Å². The average molecular weight is 530 g/mol. The largest absolute Gasteiger partial charge is 0.450 e. The van der Waals surface area contributed by atoms with Gasteiger partial charge in [-0.2, -0.15) is 0 Å². The molecule has 0 N–H and O–H groups in total. The maximum atomic E-state index is 13.3. The first-order chi connectivity index (χ1) is 18.8. The molecule has 1 saturated heterocycles. The van der Waals surface area contributed by atoms with Crippen LogP contribution in [0.25, 0.3) is 0 Å². The van der Waals surface area contributed by atoms with Crippen molar-refractivity contribution in [3.8, 4) is 0 Å². The molecule has 208 valence electrons. The molecule has 5 nitrogen and oxygen atoms in total. The van der Waals surface area contributed by atoms with E-state index < -0.39 is 5.60 Å². The number of ketones is 2. The first-order valence-corrected chi connectivity index (χ1v) is 15.3. The molecule has 0 amide bonds. The number of anilines is 1. The van der Waals surface area contributed by atoms with Crippen LogP contribution >= 0.6 is 0 Å². The second-order valence-corrected chi connectivity index (χ2v) is 12.9. The third-order valence-corrected chi connectivity index (χ3v) is 11.0. The molecule has 4 atom stereocenters. The molecule has 3 fully saturated rings. The van der Waals surface area contributed by atoms with Gasteiger partial charge in [0.25, 0.3) is 0 Å². The van der Waals surface area contributed by atoms with E-state index >= 15 is 0 Å². The summed E-state index contributed by atoms with van der Waals surface area (Å²) in [6, 6.07) is 8.61. The van der Waals surface area contributed by atoms with Crippen LogP contribution in [0.5, 0.6) is 0 Å². The van der Waals surface area contributed by atoms with Crippen LogP contribution in [-0.2, 0) is 25.5 Å². The summed E-state index contributed by atoms with van der Waals surface area (Å²) in [5.74, 6) is 0.780. The van der Waals surface area contributed by atoms with Crippen LogP contribution in [0, 0.1) is 17.3 Å². The van der Waals surface area contributed by atoms with Gasteiger partial charge >= 0.3 is 5.97 Å². The molecule has 5 heteroatoms. The number of benzene rings is 1. The highest BCUT2D eigenvalue weighted by atomic mass is 16.6. The topological polar surface area (TPSA) is 63.7 Å². The standard InChI is InChI=1S/C34H43NO4/c1-23(36)34(39-32(38)15-8-24-6-10-26(11-7-24)35-20-4-3-5-21-35)19-17-31-30-13-9-25-22-27(37)12-14-28(25)29(30)16-18-33(31,34)2/h6-7,10-11,22,30-31H,3-5,8-9,12-21H2,1-2H3/t30-,31+,33+,34+/m1/s1. The van der Waals surface area contributed by atoms with Gasteiger partial charge in [-0.15, -0.1) is 0 Å². The van der Waals surface area contributed by atoms with Crippen molar-refractivity contribution >= 4 is 23.2 Å². The van der Waals surface area contributed by atoms with Crippen molar-refractivity contribution in [3.63, 3.8) is 0 Å². The summed E-state index contributed by atoms with van der Waals surface area (Å²) in [6.07, 6.45) is 13.4. The number of ether oxygens (including phenoxy) is 1. The van der Waals surface area contributed by atoms with Crippen LogP contribution in [0.3, 0.4) is 0 Å². The van der Waals surface area contributed by atoms with Gasteiger partial charge in [0, 0.05) is 37.0 Å². The van der Waals surface area contributed by atoms with E-state index in [1.165, 1.54) is 41.7 Å². The van der Waals surface area contributed by atoms with Crippen LogP contribution in [0.4, 0.5) is 5.69 Å². The summed E-state index contributed by atoms with van der Waals surface area (Å²) in [5.41, 5.74) is 5.24. The number of rotatable bonds is 6. The quantitative estimate of drug-likeness (QED) is 0.384. The number of piperidine rings is 1. The van der Waals surface area contributed by atoms with Gasteiger partial charge in [0.15, 0.2) is 17.2 Å². The van der Waals surface area contributed by atoms with Gasteiger partial charge in [-0.05, 0) is 124 Å². The summed E-state index contributed by atoms with van der Waals surface area (Å²) in [5, 5.41) is 0. The van der Waals surface area contributed by atoms with Crippen molar-refractivity contribution < 1.29 is 19.1 Å². The molecule has 1 aliphatic heterocycles. The van der Waals surface area contributed by atoms with E-state index in [1.54, 1.807) is 6.92 Å². The van der Waals surface area contributed by atoms with Crippen LogP contribution in [0.2, 0.25) is 0 Å². The number of carbonyl (C=O) groups is 3. The Balaban J connectivity index is 1.15. The number of Topliss-reactive ketones (excluding diaryl/α,β-unsaturated/α-hetero) is 1. The number of hydrogen-bond acceptors (Lipinski definition) is 5. The van der Waals surface area contributed by atoms with Crippen LogP contribution in [-0.4, -0.2) is 36.2 Å². The van der Waals surface area contributed by atoms with Crippen molar-refractivity contribution in [2.75, 3.05) is 18.0 Å². The molecule has 2 saturated carbocycles. The average Bonchev–Trinajstić information content (AvgIpc) is 3.25. The van der Waals surface area contributed by atoms with E-state index in [9.17, 15) is 14.4 Å². The zero-order valence-electron chi connectivity index (χ0n) is 23.7. The Morgan fingerprint density at radius 2 is 1.74 bits per heavy atom. The fourth-order valence-corrected chi connectivity index (χ4v) is 8.87. The number of fused-ring (bicyclic) bond motifs is 4. The van der Waals surface area contributed by atoms with Crippen molar-refractivity contribution in [3.05, 3.63) is 52.6 Å².